The van der Waals surface area contributed by atoms with Crippen LogP contribution in [0.5, 0.6) is 5.88 Å². The molecule has 94 valence electrons. The Kier molecular flexibility index (Phi) is 4.59. The Morgan fingerprint density at radius 1 is 1.35 bits per heavy atom. The maximum absolute atomic E-state index is 5.70. The van der Waals surface area contributed by atoms with Crippen LogP contribution in [-0.2, 0) is 0 Å². The minimum Gasteiger partial charge on any atom is -0.476 e. The number of hydrogen-bond acceptors (Lipinski definition) is 4. The van der Waals surface area contributed by atoms with Gasteiger partial charge in [-0.2, -0.15) is 4.98 Å². The molecule has 0 radical (unpaired) electrons. The molecule has 0 aliphatic heterocycles. The highest BCUT2D eigenvalue weighted by Gasteiger charge is 2.15. The van der Waals surface area contributed by atoms with Crippen LogP contribution in [0.25, 0.3) is 0 Å². The van der Waals surface area contributed by atoms with Crippen molar-refractivity contribution in [1.29, 1.82) is 0 Å². The SMILES string of the molecule is CCCNc1cncc(OCC2CCCC2)n1. The molecule has 0 saturated heterocycles. The van der Waals surface area contributed by atoms with Crippen LogP contribution in [0.1, 0.15) is 39.0 Å². The normalized spacial score (nSPS) is 16.1. The Bertz CT molecular complexity index is 337. The van der Waals surface area contributed by atoms with Crippen LogP contribution in [0.2, 0.25) is 0 Å². The van der Waals surface area contributed by atoms with Gasteiger partial charge in [-0.15, -0.1) is 0 Å². The lowest BCUT2D eigenvalue weighted by Crippen LogP contribution is -2.10. The first-order valence-electron chi connectivity index (χ1n) is 6.57. The summed E-state index contributed by atoms with van der Waals surface area (Å²) in [5, 5.41) is 3.21. The predicted molar refractivity (Wildman–Crippen MR) is 68.3 cm³/mol. The molecule has 0 spiro atoms. The van der Waals surface area contributed by atoms with E-state index in [2.05, 4.69) is 22.2 Å². The summed E-state index contributed by atoms with van der Waals surface area (Å²) in [6.07, 6.45) is 9.77. The minimum absolute atomic E-state index is 0.637. The first-order valence-corrected chi connectivity index (χ1v) is 6.57. The zero-order valence-electron chi connectivity index (χ0n) is 10.5. The molecule has 1 N–H and O–H groups in total. The summed E-state index contributed by atoms with van der Waals surface area (Å²) in [5.41, 5.74) is 0. The molecular formula is C13H21N3O. The lowest BCUT2D eigenvalue weighted by atomic mass is 10.1. The van der Waals surface area contributed by atoms with Gasteiger partial charge in [0.25, 0.3) is 0 Å². The van der Waals surface area contributed by atoms with E-state index in [4.69, 9.17) is 4.74 Å². The number of nitrogens with one attached hydrogen (secondary N) is 1. The average molecular weight is 235 g/mol. The van der Waals surface area contributed by atoms with Crippen molar-refractivity contribution in [3.8, 4) is 5.88 Å². The summed E-state index contributed by atoms with van der Waals surface area (Å²) in [7, 11) is 0. The first-order chi connectivity index (χ1) is 8.38. The second kappa shape index (κ2) is 6.42. The van der Waals surface area contributed by atoms with Crippen LogP contribution in [0.3, 0.4) is 0 Å². The van der Waals surface area contributed by atoms with Gasteiger partial charge in [0, 0.05) is 6.54 Å². The van der Waals surface area contributed by atoms with Crippen molar-refractivity contribution < 1.29 is 4.74 Å². The van der Waals surface area contributed by atoms with Gasteiger partial charge in [-0.05, 0) is 25.2 Å². The zero-order valence-corrected chi connectivity index (χ0v) is 10.5. The van der Waals surface area contributed by atoms with Crippen LogP contribution in [0.15, 0.2) is 12.4 Å². The predicted octanol–water partition coefficient (Wildman–Crippen LogP) is 2.87. The Hall–Kier alpha value is -1.32. The van der Waals surface area contributed by atoms with Crippen LogP contribution >= 0.6 is 0 Å². The summed E-state index contributed by atoms with van der Waals surface area (Å²) in [6, 6.07) is 0. The van der Waals surface area contributed by atoms with E-state index >= 15 is 0 Å². The first kappa shape index (κ1) is 12.1. The van der Waals surface area contributed by atoms with Crippen LogP contribution in [0, 0.1) is 5.92 Å². The molecule has 4 nitrogen and oxygen atoms in total. The minimum atomic E-state index is 0.637. The molecule has 1 aliphatic rings. The number of hydrogen-bond donors (Lipinski definition) is 1. The highest BCUT2D eigenvalue weighted by Crippen LogP contribution is 2.25. The molecule has 1 fully saturated rings. The van der Waals surface area contributed by atoms with Crippen LogP contribution in [-0.4, -0.2) is 23.1 Å². The van der Waals surface area contributed by atoms with Gasteiger partial charge in [0.1, 0.15) is 5.82 Å². The van der Waals surface area contributed by atoms with Crippen molar-refractivity contribution in [2.45, 2.75) is 39.0 Å². The van der Waals surface area contributed by atoms with Crippen LogP contribution in [0.4, 0.5) is 5.82 Å². The molecule has 1 saturated carbocycles. The fraction of sp³-hybridized carbons (Fsp3) is 0.692. The molecule has 0 bridgehead atoms. The summed E-state index contributed by atoms with van der Waals surface area (Å²) < 4.78 is 5.70. The van der Waals surface area contributed by atoms with E-state index in [-0.39, 0.29) is 0 Å². The van der Waals surface area contributed by atoms with E-state index in [1.807, 2.05) is 0 Å². The highest BCUT2D eigenvalue weighted by atomic mass is 16.5. The molecular weight excluding hydrogens is 214 g/mol. The third-order valence-electron chi connectivity index (χ3n) is 3.11. The summed E-state index contributed by atoms with van der Waals surface area (Å²) in [6.45, 7) is 3.83. The third kappa shape index (κ3) is 3.88. The van der Waals surface area contributed by atoms with Crippen molar-refractivity contribution >= 4 is 5.82 Å². The lowest BCUT2D eigenvalue weighted by molar-refractivity contribution is 0.243. The second-order valence-corrected chi connectivity index (χ2v) is 4.63. The Morgan fingerprint density at radius 2 is 2.18 bits per heavy atom. The molecule has 0 atom stereocenters. The van der Waals surface area contributed by atoms with E-state index in [1.54, 1.807) is 12.4 Å². The fourth-order valence-electron chi connectivity index (χ4n) is 2.14. The molecule has 0 aromatic carbocycles. The topological polar surface area (TPSA) is 47.0 Å². The van der Waals surface area contributed by atoms with Crippen LogP contribution < -0.4 is 10.1 Å². The van der Waals surface area contributed by atoms with Gasteiger partial charge >= 0.3 is 0 Å². The molecule has 0 amide bonds. The standard InChI is InChI=1S/C13H21N3O/c1-2-7-15-12-8-14-9-13(16-12)17-10-11-5-3-4-6-11/h8-9,11H,2-7,10H2,1H3,(H,15,16). The van der Waals surface area contributed by atoms with Gasteiger partial charge in [0.05, 0.1) is 19.0 Å². The number of ether oxygens (including phenoxy) is 1. The van der Waals surface area contributed by atoms with E-state index in [1.165, 1.54) is 25.7 Å². The van der Waals surface area contributed by atoms with E-state index in [0.717, 1.165) is 25.4 Å². The van der Waals surface area contributed by atoms with Gasteiger partial charge in [0.15, 0.2) is 0 Å². The number of nitrogens with zero attached hydrogens (tertiary/aromatic N) is 2. The van der Waals surface area contributed by atoms with Crippen molar-refractivity contribution in [2.75, 3.05) is 18.5 Å². The smallest absolute Gasteiger partial charge is 0.234 e. The van der Waals surface area contributed by atoms with E-state index in [0.29, 0.717) is 11.8 Å². The van der Waals surface area contributed by atoms with E-state index in [9.17, 15) is 0 Å². The molecule has 1 aliphatic carbocycles. The maximum atomic E-state index is 5.70. The number of aromatic nitrogens is 2. The molecule has 1 aromatic rings. The van der Waals surface area contributed by atoms with Gasteiger partial charge in [0.2, 0.25) is 5.88 Å². The summed E-state index contributed by atoms with van der Waals surface area (Å²) >= 11 is 0. The van der Waals surface area contributed by atoms with E-state index < -0.39 is 0 Å². The average Bonchev–Trinajstić information content (AvgIpc) is 2.87. The highest BCUT2D eigenvalue weighted by molar-refractivity contribution is 5.32. The maximum Gasteiger partial charge on any atom is 0.234 e. The fourth-order valence-corrected chi connectivity index (χ4v) is 2.14. The number of anilines is 1. The summed E-state index contributed by atoms with van der Waals surface area (Å²) in [5.74, 6) is 2.15. The Morgan fingerprint density at radius 3 is 2.94 bits per heavy atom. The molecule has 1 aromatic heterocycles. The Balaban J connectivity index is 1.82. The van der Waals surface area contributed by atoms with Gasteiger partial charge in [-0.3, -0.25) is 4.98 Å². The molecule has 0 unspecified atom stereocenters. The molecule has 1 heterocycles. The quantitative estimate of drug-likeness (QED) is 0.823. The van der Waals surface area contributed by atoms with Crippen molar-refractivity contribution in [2.24, 2.45) is 5.92 Å². The monoisotopic (exact) mass is 235 g/mol. The second-order valence-electron chi connectivity index (χ2n) is 4.63. The van der Waals surface area contributed by atoms with Gasteiger partial charge in [-0.25, -0.2) is 0 Å². The zero-order chi connectivity index (χ0) is 11.9. The van der Waals surface area contributed by atoms with Gasteiger partial charge in [-0.1, -0.05) is 19.8 Å². The number of rotatable bonds is 6. The third-order valence-corrected chi connectivity index (χ3v) is 3.11. The Labute approximate surface area is 103 Å². The van der Waals surface area contributed by atoms with Crippen molar-refractivity contribution in [3.05, 3.63) is 12.4 Å². The van der Waals surface area contributed by atoms with Crippen molar-refractivity contribution in [1.82, 2.24) is 9.97 Å². The van der Waals surface area contributed by atoms with Crippen molar-refractivity contribution in [3.63, 3.8) is 0 Å². The summed E-state index contributed by atoms with van der Waals surface area (Å²) in [4.78, 5) is 8.51. The molecule has 17 heavy (non-hydrogen) atoms. The lowest BCUT2D eigenvalue weighted by Gasteiger charge is -2.11. The van der Waals surface area contributed by atoms with Gasteiger partial charge < -0.3 is 10.1 Å². The largest absolute Gasteiger partial charge is 0.476 e. The molecule has 4 heteroatoms. The molecule has 2 rings (SSSR count).